The SMILES string of the molecule is CC(C)CC(NC(=O)C(N)Cc1c[nH]c2ccccc12)C(=O)NC(Cc1ccccc1)C(=O)NC(Cc1ccccc1)C(=O)O. The first-order chi connectivity index (χ1) is 21.6. The van der Waals surface area contributed by atoms with Crippen molar-refractivity contribution in [2.24, 2.45) is 11.7 Å². The Morgan fingerprint density at radius 3 is 1.80 bits per heavy atom. The number of nitrogens with two attached hydrogens (primary N) is 1. The van der Waals surface area contributed by atoms with E-state index in [4.69, 9.17) is 5.73 Å². The Kier molecular flexibility index (Phi) is 11.5. The number of aromatic nitrogens is 1. The van der Waals surface area contributed by atoms with Crippen molar-refractivity contribution in [2.75, 3.05) is 0 Å². The number of aliphatic carboxylic acids is 1. The van der Waals surface area contributed by atoms with Crippen LogP contribution in [0.3, 0.4) is 0 Å². The van der Waals surface area contributed by atoms with Crippen molar-refractivity contribution in [1.82, 2.24) is 20.9 Å². The van der Waals surface area contributed by atoms with Crippen molar-refractivity contribution in [3.63, 3.8) is 0 Å². The van der Waals surface area contributed by atoms with Crippen LogP contribution >= 0.6 is 0 Å². The second-order valence-corrected chi connectivity index (χ2v) is 11.7. The molecule has 10 heteroatoms. The molecule has 0 aliphatic heterocycles. The summed E-state index contributed by atoms with van der Waals surface area (Å²) in [5.74, 6) is -2.83. The van der Waals surface area contributed by atoms with Gasteiger partial charge >= 0.3 is 5.97 Å². The summed E-state index contributed by atoms with van der Waals surface area (Å²) in [5.41, 5.74) is 9.65. The average molecular weight is 612 g/mol. The van der Waals surface area contributed by atoms with Crippen LogP contribution in [0.5, 0.6) is 0 Å². The van der Waals surface area contributed by atoms with Gasteiger partial charge in [0.25, 0.3) is 0 Å². The van der Waals surface area contributed by atoms with E-state index in [1.165, 1.54) is 0 Å². The summed E-state index contributed by atoms with van der Waals surface area (Å²) in [4.78, 5) is 55.7. The minimum atomic E-state index is -1.20. The van der Waals surface area contributed by atoms with Gasteiger partial charge in [0.15, 0.2) is 0 Å². The predicted octanol–water partition coefficient (Wildman–Crippen LogP) is 3.11. The van der Waals surface area contributed by atoms with Gasteiger partial charge in [-0.25, -0.2) is 4.79 Å². The van der Waals surface area contributed by atoms with Crippen molar-refractivity contribution < 1.29 is 24.3 Å². The van der Waals surface area contributed by atoms with Gasteiger partial charge in [0.1, 0.15) is 18.1 Å². The molecule has 0 saturated carbocycles. The minimum Gasteiger partial charge on any atom is -0.480 e. The fourth-order valence-corrected chi connectivity index (χ4v) is 5.27. The van der Waals surface area contributed by atoms with Crippen LogP contribution in [0.2, 0.25) is 0 Å². The van der Waals surface area contributed by atoms with Crippen molar-refractivity contribution in [3.8, 4) is 0 Å². The van der Waals surface area contributed by atoms with Gasteiger partial charge in [-0.15, -0.1) is 0 Å². The van der Waals surface area contributed by atoms with Gasteiger partial charge in [-0.2, -0.15) is 0 Å². The van der Waals surface area contributed by atoms with Crippen LogP contribution in [0.15, 0.2) is 91.1 Å². The zero-order valence-corrected chi connectivity index (χ0v) is 25.5. The minimum absolute atomic E-state index is 0.0366. The quantitative estimate of drug-likeness (QED) is 0.121. The van der Waals surface area contributed by atoms with E-state index < -0.39 is 47.9 Å². The number of hydrogen-bond acceptors (Lipinski definition) is 5. The number of H-pyrrole nitrogens is 1. The summed E-state index contributed by atoms with van der Waals surface area (Å²) in [6.45, 7) is 3.85. The molecule has 1 aromatic heterocycles. The molecule has 0 radical (unpaired) electrons. The van der Waals surface area contributed by atoms with Crippen LogP contribution in [-0.4, -0.2) is 57.9 Å². The molecule has 4 rings (SSSR count). The smallest absolute Gasteiger partial charge is 0.326 e. The number of para-hydroxylation sites is 1. The lowest BCUT2D eigenvalue weighted by atomic mass is 9.99. The molecule has 0 fully saturated rings. The molecular formula is C35H41N5O5. The lowest BCUT2D eigenvalue weighted by molar-refractivity contribution is -0.142. The van der Waals surface area contributed by atoms with Crippen LogP contribution < -0.4 is 21.7 Å². The highest BCUT2D eigenvalue weighted by Crippen LogP contribution is 2.19. The standard InChI is InChI=1S/C35H41N5O5/c1-22(2)17-29(38-32(41)27(36)20-25-21-37-28-16-10-9-15-26(25)28)33(42)39-30(18-23-11-5-3-6-12-23)34(43)40-31(35(44)45)19-24-13-7-4-8-14-24/h3-16,21-22,27,29-31,37H,17-20,36H2,1-2H3,(H,38,41)(H,39,42)(H,40,43)(H,44,45). The van der Waals surface area contributed by atoms with E-state index in [9.17, 15) is 24.3 Å². The van der Waals surface area contributed by atoms with E-state index in [2.05, 4.69) is 20.9 Å². The Bertz CT molecular complexity index is 1590. The molecule has 3 amide bonds. The third-order valence-corrected chi connectivity index (χ3v) is 7.60. The molecule has 0 spiro atoms. The van der Waals surface area contributed by atoms with Crippen molar-refractivity contribution in [1.29, 1.82) is 0 Å². The number of carbonyl (C=O) groups is 4. The first-order valence-electron chi connectivity index (χ1n) is 15.1. The Morgan fingerprint density at radius 2 is 1.20 bits per heavy atom. The van der Waals surface area contributed by atoms with Crippen LogP contribution in [0.25, 0.3) is 10.9 Å². The lowest BCUT2D eigenvalue weighted by Crippen LogP contribution is -2.58. The summed E-state index contributed by atoms with van der Waals surface area (Å²) in [7, 11) is 0. The summed E-state index contributed by atoms with van der Waals surface area (Å²) in [6, 6.07) is 21.7. The van der Waals surface area contributed by atoms with Gasteiger partial charge in [0, 0.05) is 29.9 Å². The van der Waals surface area contributed by atoms with E-state index >= 15 is 0 Å². The maximum absolute atomic E-state index is 13.7. The molecule has 4 aromatic rings. The summed E-state index contributed by atoms with van der Waals surface area (Å²) >= 11 is 0. The number of carbonyl (C=O) groups excluding carboxylic acids is 3. The number of fused-ring (bicyclic) bond motifs is 1. The summed E-state index contributed by atoms with van der Waals surface area (Å²) in [6.07, 6.45) is 2.60. The van der Waals surface area contributed by atoms with Crippen molar-refractivity contribution in [3.05, 3.63) is 108 Å². The monoisotopic (exact) mass is 611 g/mol. The van der Waals surface area contributed by atoms with Gasteiger partial charge < -0.3 is 31.8 Å². The van der Waals surface area contributed by atoms with Gasteiger partial charge in [-0.3, -0.25) is 14.4 Å². The Labute approximate surface area is 262 Å². The Morgan fingerprint density at radius 1 is 0.689 bits per heavy atom. The lowest BCUT2D eigenvalue weighted by Gasteiger charge is -2.26. The number of benzene rings is 3. The normalized spacial score (nSPS) is 13.9. The van der Waals surface area contributed by atoms with Crippen LogP contribution in [0.4, 0.5) is 0 Å². The highest BCUT2D eigenvalue weighted by atomic mass is 16.4. The second-order valence-electron chi connectivity index (χ2n) is 11.7. The zero-order valence-electron chi connectivity index (χ0n) is 25.5. The van der Waals surface area contributed by atoms with E-state index in [1.807, 2.05) is 80.7 Å². The molecule has 0 aliphatic carbocycles. The third kappa shape index (κ3) is 9.51. The molecule has 4 atom stereocenters. The molecule has 236 valence electrons. The third-order valence-electron chi connectivity index (χ3n) is 7.60. The fourth-order valence-electron chi connectivity index (χ4n) is 5.27. The van der Waals surface area contributed by atoms with Crippen LogP contribution in [0, 0.1) is 5.92 Å². The van der Waals surface area contributed by atoms with Gasteiger partial charge in [-0.05, 0) is 41.5 Å². The molecule has 0 saturated heterocycles. The molecular weight excluding hydrogens is 570 g/mol. The Hall–Kier alpha value is -4.96. The van der Waals surface area contributed by atoms with Crippen molar-refractivity contribution >= 4 is 34.6 Å². The molecule has 1 heterocycles. The number of carboxylic acids is 1. The second kappa shape index (κ2) is 15.7. The number of hydrogen-bond donors (Lipinski definition) is 6. The molecule has 0 aliphatic rings. The Balaban J connectivity index is 1.48. The maximum Gasteiger partial charge on any atom is 0.326 e. The fraction of sp³-hybridized carbons (Fsp3) is 0.314. The van der Waals surface area contributed by atoms with E-state index in [-0.39, 0.29) is 25.2 Å². The van der Waals surface area contributed by atoms with E-state index in [1.54, 1.807) is 24.3 Å². The molecule has 45 heavy (non-hydrogen) atoms. The molecule has 0 bridgehead atoms. The first-order valence-corrected chi connectivity index (χ1v) is 15.1. The number of amides is 3. The highest BCUT2D eigenvalue weighted by Gasteiger charge is 2.31. The van der Waals surface area contributed by atoms with Gasteiger partial charge in [-0.1, -0.05) is 92.7 Å². The number of rotatable bonds is 15. The predicted molar refractivity (Wildman–Crippen MR) is 173 cm³/mol. The van der Waals surface area contributed by atoms with Gasteiger partial charge in [0.2, 0.25) is 17.7 Å². The first kappa shape index (κ1) is 32.9. The van der Waals surface area contributed by atoms with E-state index in [0.29, 0.717) is 6.42 Å². The molecule has 10 nitrogen and oxygen atoms in total. The maximum atomic E-state index is 13.7. The average Bonchev–Trinajstić information content (AvgIpc) is 3.43. The largest absolute Gasteiger partial charge is 0.480 e. The summed E-state index contributed by atoms with van der Waals surface area (Å²) in [5, 5.41) is 19.0. The molecule has 3 aromatic carbocycles. The summed E-state index contributed by atoms with van der Waals surface area (Å²) < 4.78 is 0. The number of carboxylic acid groups (broad SMARTS) is 1. The van der Waals surface area contributed by atoms with Crippen LogP contribution in [0.1, 0.15) is 37.0 Å². The topological polar surface area (TPSA) is 166 Å². The zero-order chi connectivity index (χ0) is 32.3. The van der Waals surface area contributed by atoms with Gasteiger partial charge in [0.05, 0.1) is 6.04 Å². The van der Waals surface area contributed by atoms with Crippen molar-refractivity contribution in [2.45, 2.75) is 63.7 Å². The molecule has 4 unspecified atom stereocenters. The number of nitrogens with one attached hydrogen (secondary N) is 4. The number of aromatic amines is 1. The molecule has 7 N–H and O–H groups in total. The van der Waals surface area contributed by atoms with Crippen LogP contribution in [-0.2, 0) is 38.4 Å². The van der Waals surface area contributed by atoms with E-state index in [0.717, 1.165) is 27.6 Å². The highest BCUT2D eigenvalue weighted by molar-refractivity contribution is 5.94.